The van der Waals surface area contributed by atoms with Gasteiger partial charge in [-0.3, -0.25) is 4.79 Å². The Bertz CT molecular complexity index is 1000. The van der Waals surface area contributed by atoms with Crippen LogP contribution in [0.15, 0.2) is 47.6 Å². The van der Waals surface area contributed by atoms with Gasteiger partial charge in [0.15, 0.2) is 11.0 Å². The van der Waals surface area contributed by atoms with Crippen LogP contribution in [0.25, 0.3) is 11.4 Å². The molecule has 0 fully saturated rings. The normalized spacial score (nSPS) is 12.0. The number of nitrogens with zero attached hydrogens (tertiary/aromatic N) is 3. The van der Waals surface area contributed by atoms with Crippen LogP contribution in [0.5, 0.6) is 0 Å². The summed E-state index contributed by atoms with van der Waals surface area (Å²) in [6.45, 7) is 8.92. The molecular formula is C22H25ClN4OS. The highest BCUT2D eigenvalue weighted by molar-refractivity contribution is 7.99. The molecule has 3 rings (SSSR count). The Balaban J connectivity index is 1.64. The molecule has 152 valence electrons. The third kappa shape index (κ3) is 5.19. The van der Waals surface area contributed by atoms with E-state index in [1.807, 2.05) is 42.7 Å². The van der Waals surface area contributed by atoms with Crippen molar-refractivity contribution in [3.8, 4) is 11.4 Å². The predicted octanol–water partition coefficient (Wildman–Crippen LogP) is 5.20. The second-order valence-electron chi connectivity index (χ2n) is 6.98. The van der Waals surface area contributed by atoms with Crippen LogP contribution in [0.2, 0.25) is 5.02 Å². The maximum Gasteiger partial charge on any atom is 0.230 e. The number of halogens is 1. The standard InChI is InChI=1S/C22H25ClN4OS/c1-5-27-21(17-8-10-19(23)11-9-17)25-26-22(27)29-13-20(28)24-16(4)18-7-6-14(2)15(3)12-18/h6-12,16H,5,13H2,1-4H3,(H,24,28). The fourth-order valence-electron chi connectivity index (χ4n) is 3.02. The Hall–Kier alpha value is -2.31. The molecule has 29 heavy (non-hydrogen) atoms. The van der Waals surface area contributed by atoms with E-state index >= 15 is 0 Å². The summed E-state index contributed by atoms with van der Waals surface area (Å²) in [5.41, 5.74) is 4.53. The lowest BCUT2D eigenvalue weighted by molar-refractivity contribution is -0.119. The number of hydrogen-bond donors (Lipinski definition) is 1. The Morgan fingerprint density at radius 3 is 2.52 bits per heavy atom. The summed E-state index contributed by atoms with van der Waals surface area (Å²) >= 11 is 7.37. The first-order chi connectivity index (χ1) is 13.9. The van der Waals surface area contributed by atoms with Gasteiger partial charge in [-0.1, -0.05) is 41.6 Å². The van der Waals surface area contributed by atoms with Crippen LogP contribution < -0.4 is 5.32 Å². The van der Waals surface area contributed by atoms with E-state index in [4.69, 9.17) is 11.6 Å². The van der Waals surface area contributed by atoms with Gasteiger partial charge in [0.05, 0.1) is 11.8 Å². The minimum Gasteiger partial charge on any atom is -0.349 e. The first-order valence-electron chi connectivity index (χ1n) is 9.57. The number of aromatic nitrogens is 3. The lowest BCUT2D eigenvalue weighted by Crippen LogP contribution is -2.28. The topological polar surface area (TPSA) is 59.8 Å². The summed E-state index contributed by atoms with van der Waals surface area (Å²) in [7, 11) is 0. The van der Waals surface area contributed by atoms with Gasteiger partial charge in [-0.05, 0) is 68.7 Å². The Morgan fingerprint density at radius 1 is 1.14 bits per heavy atom. The van der Waals surface area contributed by atoms with E-state index in [-0.39, 0.29) is 17.7 Å². The number of hydrogen-bond acceptors (Lipinski definition) is 4. The number of benzene rings is 2. The number of thioether (sulfide) groups is 1. The second-order valence-corrected chi connectivity index (χ2v) is 8.36. The fourth-order valence-corrected chi connectivity index (χ4v) is 3.96. The first-order valence-corrected chi connectivity index (χ1v) is 10.9. The molecule has 1 aromatic heterocycles. The van der Waals surface area contributed by atoms with Gasteiger partial charge in [-0.25, -0.2) is 0 Å². The van der Waals surface area contributed by atoms with E-state index in [1.54, 1.807) is 0 Å². The molecule has 0 aliphatic heterocycles. The van der Waals surface area contributed by atoms with Gasteiger partial charge in [-0.15, -0.1) is 10.2 Å². The van der Waals surface area contributed by atoms with E-state index in [9.17, 15) is 4.79 Å². The van der Waals surface area contributed by atoms with Crippen LogP contribution in [-0.2, 0) is 11.3 Å². The van der Waals surface area contributed by atoms with Gasteiger partial charge >= 0.3 is 0 Å². The van der Waals surface area contributed by atoms with Crippen molar-refractivity contribution in [1.82, 2.24) is 20.1 Å². The number of carbonyl (C=O) groups excluding carboxylic acids is 1. The van der Waals surface area contributed by atoms with Crippen molar-refractivity contribution in [2.45, 2.75) is 45.4 Å². The maximum absolute atomic E-state index is 12.5. The van der Waals surface area contributed by atoms with Crippen molar-refractivity contribution in [2.75, 3.05) is 5.75 Å². The molecule has 0 saturated heterocycles. The number of amides is 1. The highest BCUT2D eigenvalue weighted by Crippen LogP contribution is 2.25. The van der Waals surface area contributed by atoms with E-state index in [0.717, 1.165) is 22.1 Å². The molecule has 1 amide bonds. The van der Waals surface area contributed by atoms with Crippen molar-refractivity contribution in [3.05, 3.63) is 64.2 Å². The number of rotatable bonds is 7. The third-order valence-electron chi connectivity index (χ3n) is 4.88. The molecule has 0 spiro atoms. The van der Waals surface area contributed by atoms with Crippen LogP contribution in [-0.4, -0.2) is 26.4 Å². The highest BCUT2D eigenvalue weighted by Gasteiger charge is 2.16. The lowest BCUT2D eigenvalue weighted by Gasteiger charge is -2.15. The van der Waals surface area contributed by atoms with Gasteiger partial charge in [0.1, 0.15) is 0 Å². The minimum atomic E-state index is -0.0453. The molecule has 1 heterocycles. The quantitative estimate of drug-likeness (QED) is 0.525. The maximum atomic E-state index is 12.5. The molecule has 7 heteroatoms. The van der Waals surface area contributed by atoms with Gasteiger partial charge in [0, 0.05) is 17.1 Å². The zero-order valence-electron chi connectivity index (χ0n) is 17.1. The van der Waals surface area contributed by atoms with Gasteiger partial charge in [-0.2, -0.15) is 0 Å². The minimum absolute atomic E-state index is 0.0283. The zero-order valence-corrected chi connectivity index (χ0v) is 18.6. The summed E-state index contributed by atoms with van der Waals surface area (Å²) in [6, 6.07) is 13.7. The zero-order chi connectivity index (χ0) is 21.0. The van der Waals surface area contributed by atoms with Crippen LogP contribution in [0.3, 0.4) is 0 Å². The average Bonchev–Trinajstić information content (AvgIpc) is 3.12. The number of carbonyl (C=O) groups is 1. The van der Waals surface area contributed by atoms with Crippen LogP contribution in [0.4, 0.5) is 0 Å². The third-order valence-corrected chi connectivity index (χ3v) is 6.10. The van der Waals surface area contributed by atoms with Crippen molar-refractivity contribution in [1.29, 1.82) is 0 Å². The Morgan fingerprint density at radius 2 is 1.86 bits per heavy atom. The predicted molar refractivity (Wildman–Crippen MR) is 119 cm³/mol. The Labute approximate surface area is 180 Å². The van der Waals surface area contributed by atoms with Gasteiger partial charge in [0.25, 0.3) is 0 Å². The fraction of sp³-hybridized carbons (Fsp3) is 0.318. The summed E-state index contributed by atoms with van der Waals surface area (Å²) in [5.74, 6) is 1.03. The number of nitrogens with one attached hydrogen (secondary N) is 1. The highest BCUT2D eigenvalue weighted by atomic mass is 35.5. The first kappa shape index (κ1) is 21.4. The summed E-state index contributed by atoms with van der Waals surface area (Å²) in [4.78, 5) is 12.5. The number of aryl methyl sites for hydroxylation is 2. The van der Waals surface area contributed by atoms with Crippen LogP contribution in [0.1, 0.15) is 36.6 Å². The molecule has 0 aliphatic carbocycles. The van der Waals surface area contributed by atoms with Crippen molar-refractivity contribution < 1.29 is 4.79 Å². The summed E-state index contributed by atoms with van der Waals surface area (Å²) in [5, 5.41) is 13.1. The molecule has 0 aliphatic rings. The Kier molecular flexibility index (Phi) is 6.98. The van der Waals surface area contributed by atoms with Crippen molar-refractivity contribution >= 4 is 29.3 Å². The average molecular weight is 429 g/mol. The molecule has 2 aromatic carbocycles. The SMILES string of the molecule is CCn1c(SCC(=O)NC(C)c2ccc(C)c(C)c2)nnc1-c1ccc(Cl)cc1. The van der Waals surface area contributed by atoms with Crippen molar-refractivity contribution in [2.24, 2.45) is 0 Å². The molecular weight excluding hydrogens is 404 g/mol. The summed E-state index contributed by atoms with van der Waals surface area (Å²) < 4.78 is 2.01. The lowest BCUT2D eigenvalue weighted by atomic mass is 10.0. The molecule has 5 nitrogen and oxygen atoms in total. The van der Waals surface area contributed by atoms with E-state index < -0.39 is 0 Å². The molecule has 0 radical (unpaired) electrons. The second kappa shape index (κ2) is 9.46. The molecule has 1 atom stereocenters. The molecule has 1 unspecified atom stereocenters. The van der Waals surface area contributed by atoms with E-state index in [1.165, 1.54) is 22.9 Å². The van der Waals surface area contributed by atoms with Crippen LogP contribution in [0, 0.1) is 13.8 Å². The molecule has 0 bridgehead atoms. The molecule has 0 saturated carbocycles. The van der Waals surface area contributed by atoms with Crippen molar-refractivity contribution in [3.63, 3.8) is 0 Å². The monoisotopic (exact) mass is 428 g/mol. The molecule has 1 N–H and O–H groups in total. The largest absolute Gasteiger partial charge is 0.349 e. The van der Waals surface area contributed by atoms with Crippen LogP contribution >= 0.6 is 23.4 Å². The summed E-state index contributed by atoms with van der Waals surface area (Å²) in [6.07, 6.45) is 0. The smallest absolute Gasteiger partial charge is 0.230 e. The molecule has 3 aromatic rings. The van der Waals surface area contributed by atoms with E-state index in [0.29, 0.717) is 11.6 Å². The van der Waals surface area contributed by atoms with Gasteiger partial charge in [0.2, 0.25) is 5.91 Å². The van der Waals surface area contributed by atoms with E-state index in [2.05, 4.69) is 47.6 Å². The van der Waals surface area contributed by atoms with Gasteiger partial charge < -0.3 is 9.88 Å².